The van der Waals surface area contributed by atoms with Gasteiger partial charge in [0.1, 0.15) is 0 Å². The highest BCUT2D eigenvalue weighted by Crippen LogP contribution is 2.15. The van der Waals surface area contributed by atoms with Crippen molar-refractivity contribution in [2.75, 3.05) is 20.1 Å². The highest BCUT2D eigenvalue weighted by Gasteiger charge is 2.21. The molecule has 0 aromatic heterocycles. The molecule has 1 rings (SSSR count). The third-order valence-corrected chi connectivity index (χ3v) is 4.17. The molecule has 0 radical (unpaired) electrons. The van der Waals surface area contributed by atoms with Gasteiger partial charge in [-0.1, -0.05) is 39.0 Å². The minimum Gasteiger partial charge on any atom is -0.314 e. The molecule has 1 aliphatic rings. The van der Waals surface area contributed by atoms with Crippen molar-refractivity contribution in [2.24, 2.45) is 0 Å². The topological polar surface area (TPSA) is 15.3 Å². The molecule has 102 valence electrons. The lowest BCUT2D eigenvalue weighted by Crippen LogP contribution is -2.45. The zero-order valence-corrected chi connectivity index (χ0v) is 12.2. The highest BCUT2D eigenvalue weighted by atomic mass is 15.1. The predicted octanol–water partition coefficient (Wildman–Crippen LogP) is 3.42. The molecule has 17 heavy (non-hydrogen) atoms. The molecule has 0 saturated carbocycles. The second-order valence-electron chi connectivity index (χ2n) is 5.77. The molecule has 2 nitrogen and oxygen atoms in total. The maximum atomic E-state index is 3.74. The van der Waals surface area contributed by atoms with Crippen molar-refractivity contribution >= 4 is 0 Å². The third-order valence-electron chi connectivity index (χ3n) is 4.17. The lowest BCUT2D eigenvalue weighted by atomic mass is 9.99. The van der Waals surface area contributed by atoms with Crippen molar-refractivity contribution in [3.05, 3.63) is 0 Å². The molecule has 1 N–H and O–H groups in total. The Morgan fingerprint density at radius 2 is 1.82 bits per heavy atom. The van der Waals surface area contributed by atoms with Crippen LogP contribution in [-0.2, 0) is 0 Å². The van der Waals surface area contributed by atoms with Gasteiger partial charge in [0.25, 0.3) is 0 Å². The van der Waals surface area contributed by atoms with E-state index in [1.807, 2.05) is 0 Å². The van der Waals surface area contributed by atoms with Gasteiger partial charge in [0, 0.05) is 12.1 Å². The van der Waals surface area contributed by atoms with Gasteiger partial charge in [-0.05, 0) is 46.3 Å². The fourth-order valence-electron chi connectivity index (χ4n) is 2.69. The molecule has 0 spiro atoms. The van der Waals surface area contributed by atoms with Crippen LogP contribution in [0.15, 0.2) is 0 Å². The number of piperidine rings is 1. The summed E-state index contributed by atoms with van der Waals surface area (Å²) in [5, 5.41) is 3.74. The van der Waals surface area contributed by atoms with E-state index in [-0.39, 0.29) is 0 Å². The second-order valence-corrected chi connectivity index (χ2v) is 5.77. The van der Waals surface area contributed by atoms with E-state index in [9.17, 15) is 0 Å². The summed E-state index contributed by atoms with van der Waals surface area (Å²) in [5.74, 6) is 0. The largest absolute Gasteiger partial charge is 0.314 e. The van der Waals surface area contributed by atoms with Gasteiger partial charge in [0.2, 0.25) is 0 Å². The van der Waals surface area contributed by atoms with Crippen LogP contribution < -0.4 is 5.32 Å². The number of hydrogen-bond donors (Lipinski definition) is 1. The van der Waals surface area contributed by atoms with Crippen LogP contribution in [0.1, 0.15) is 65.2 Å². The van der Waals surface area contributed by atoms with Gasteiger partial charge in [-0.25, -0.2) is 0 Å². The van der Waals surface area contributed by atoms with Crippen molar-refractivity contribution < 1.29 is 0 Å². The predicted molar refractivity (Wildman–Crippen MR) is 76.5 cm³/mol. The number of nitrogens with zero attached hydrogens (tertiary/aromatic N) is 1. The molecular weight excluding hydrogens is 208 g/mol. The van der Waals surface area contributed by atoms with E-state index in [0.717, 1.165) is 12.1 Å². The fourth-order valence-corrected chi connectivity index (χ4v) is 2.69. The Kier molecular flexibility index (Phi) is 7.87. The van der Waals surface area contributed by atoms with Crippen LogP contribution in [0.2, 0.25) is 0 Å². The first-order valence-corrected chi connectivity index (χ1v) is 7.67. The summed E-state index contributed by atoms with van der Waals surface area (Å²) < 4.78 is 0. The summed E-state index contributed by atoms with van der Waals surface area (Å²) >= 11 is 0. The molecule has 0 aromatic rings. The third kappa shape index (κ3) is 6.42. The standard InChI is InChI=1S/C15H32N2/c1-4-5-6-7-8-9-11-16-15-10-12-17(3)14(2)13-15/h14-16H,4-13H2,1-3H3. The van der Waals surface area contributed by atoms with Gasteiger partial charge < -0.3 is 10.2 Å². The molecular formula is C15H32N2. The Balaban J connectivity index is 1.92. The van der Waals surface area contributed by atoms with Crippen molar-refractivity contribution in [1.82, 2.24) is 10.2 Å². The molecule has 1 fully saturated rings. The first kappa shape index (κ1) is 15.0. The van der Waals surface area contributed by atoms with Crippen LogP contribution in [0.3, 0.4) is 0 Å². The number of rotatable bonds is 8. The Hall–Kier alpha value is -0.0800. The molecule has 0 aromatic carbocycles. The monoisotopic (exact) mass is 240 g/mol. The van der Waals surface area contributed by atoms with E-state index < -0.39 is 0 Å². The van der Waals surface area contributed by atoms with E-state index in [1.54, 1.807) is 0 Å². The smallest absolute Gasteiger partial charge is 0.00940 e. The van der Waals surface area contributed by atoms with E-state index >= 15 is 0 Å². The number of unbranched alkanes of at least 4 members (excludes halogenated alkanes) is 5. The van der Waals surface area contributed by atoms with Crippen molar-refractivity contribution in [3.8, 4) is 0 Å². The average Bonchev–Trinajstić information content (AvgIpc) is 2.32. The molecule has 1 heterocycles. The van der Waals surface area contributed by atoms with Crippen LogP contribution in [0, 0.1) is 0 Å². The van der Waals surface area contributed by atoms with Gasteiger partial charge in [-0.3, -0.25) is 0 Å². The van der Waals surface area contributed by atoms with Crippen LogP contribution in [0.5, 0.6) is 0 Å². The molecule has 1 saturated heterocycles. The summed E-state index contributed by atoms with van der Waals surface area (Å²) in [6.45, 7) is 7.12. The van der Waals surface area contributed by atoms with Crippen molar-refractivity contribution in [1.29, 1.82) is 0 Å². The normalized spacial score (nSPS) is 26.3. The molecule has 0 aliphatic carbocycles. The van der Waals surface area contributed by atoms with Crippen molar-refractivity contribution in [3.63, 3.8) is 0 Å². The molecule has 1 aliphatic heterocycles. The van der Waals surface area contributed by atoms with E-state index in [2.05, 4.69) is 31.1 Å². The fraction of sp³-hybridized carbons (Fsp3) is 1.00. The molecule has 2 heteroatoms. The number of hydrogen-bond acceptors (Lipinski definition) is 2. The zero-order valence-electron chi connectivity index (χ0n) is 12.2. The Morgan fingerprint density at radius 3 is 2.53 bits per heavy atom. The van der Waals surface area contributed by atoms with E-state index in [0.29, 0.717) is 0 Å². The van der Waals surface area contributed by atoms with E-state index in [4.69, 9.17) is 0 Å². The minimum absolute atomic E-state index is 0.755. The highest BCUT2D eigenvalue weighted by molar-refractivity contribution is 4.80. The quantitative estimate of drug-likeness (QED) is 0.654. The zero-order chi connectivity index (χ0) is 12.5. The molecule has 0 amide bonds. The van der Waals surface area contributed by atoms with Crippen LogP contribution in [0.4, 0.5) is 0 Å². The van der Waals surface area contributed by atoms with Gasteiger partial charge in [0.05, 0.1) is 0 Å². The minimum atomic E-state index is 0.755. The van der Waals surface area contributed by atoms with Crippen LogP contribution >= 0.6 is 0 Å². The van der Waals surface area contributed by atoms with Gasteiger partial charge in [-0.15, -0.1) is 0 Å². The lowest BCUT2D eigenvalue weighted by molar-refractivity contribution is 0.168. The Labute approximate surface area is 108 Å². The Bertz CT molecular complexity index is 182. The van der Waals surface area contributed by atoms with Gasteiger partial charge in [0.15, 0.2) is 0 Å². The van der Waals surface area contributed by atoms with E-state index in [1.165, 1.54) is 64.5 Å². The number of likely N-dealkylation sites (tertiary alicyclic amines) is 1. The maximum Gasteiger partial charge on any atom is 0.00940 e. The maximum absolute atomic E-state index is 3.74. The molecule has 0 bridgehead atoms. The van der Waals surface area contributed by atoms with Crippen LogP contribution in [0.25, 0.3) is 0 Å². The molecule has 2 unspecified atom stereocenters. The second kappa shape index (κ2) is 8.93. The molecule has 2 atom stereocenters. The SMILES string of the molecule is CCCCCCCCNC1CCN(C)C(C)C1. The summed E-state index contributed by atoms with van der Waals surface area (Å²) in [4.78, 5) is 2.48. The van der Waals surface area contributed by atoms with Gasteiger partial charge >= 0.3 is 0 Å². The van der Waals surface area contributed by atoms with Crippen LogP contribution in [-0.4, -0.2) is 37.1 Å². The average molecular weight is 240 g/mol. The summed E-state index contributed by atoms with van der Waals surface area (Å²) in [6, 6.07) is 1.53. The summed E-state index contributed by atoms with van der Waals surface area (Å²) in [7, 11) is 2.24. The Morgan fingerprint density at radius 1 is 1.12 bits per heavy atom. The summed E-state index contributed by atoms with van der Waals surface area (Å²) in [6.07, 6.45) is 11.1. The number of nitrogens with one attached hydrogen (secondary N) is 1. The van der Waals surface area contributed by atoms with Gasteiger partial charge in [-0.2, -0.15) is 0 Å². The first-order valence-electron chi connectivity index (χ1n) is 7.67. The van der Waals surface area contributed by atoms with Crippen molar-refractivity contribution in [2.45, 2.75) is 77.3 Å². The summed E-state index contributed by atoms with van der Waals surface area (Å²) in [5.41, 5.74) is 0. The first-order chi connectivity index (χ1) is 8.24. The lowest BCUT2D eigenvalue weighted by Gasteiger charge is -2.35.